The van der Waals surface area contributed by atoms with Gasteiger partial charge in [-0.15, -0.1) is 0 Å². The lowest BCUT2D eigenvalue weighted by atomic mass is 9.88. The average Bonchev–Trinajstić information content (AvgIpc) is 2.89. The van der Waals surface area contributed by atoms with E-state index in [2.05, 4.69) is 10.6 Å². The van der Waals surface area contributed by atoms with Crippen molar-refractivity contribution in [3.8, 4) is 0 Å². The Kier molecular flexibility index (Phi) is 9.46. The fraction of sp³-hybridized carbons (Fsp3) is 0.423. The number of hydrogen-bond donors (Lipinski definition) is 2. The predicted molar refractivity (Wildman–Crippen MR) is 127 cm³/mol. The van der Waals surface area contributed by atoms with Crippen molar-refractivity contribution in [3.05, 3.63) is 71.3 Å². The first-order valence-electron chi connectivity index (χ1n) is 11.8. The van der Waals surface area contributed by atoms with Gasteiger partial charge in [-0.2, -0.15) is 13.2 Å². The molecule has 1 fully saturated rings. The van der Waals surface area contributed by atoms with Gasteiger partial charge >= 0.3 is 6.18 Å². The van der Waals surface area contributed by atoms with Gasteiger partial charge < -0.3 is 20.3 Å². The summed E-state index contributed by atoms with van der Waals surface area (Å²) in [6, 6.07) is 11.9. The minimum atomic E-state index is -4.47. The van der Waals surface area contributed by atoms with Gasteiger partial charge in [0.05, 0.1) is 5.56 Å². The third kappa shape index (κ3) is 7.30. The van der Waals surface area contributed by atoms with Crippen molar-refractivity contribution in [2.75, 3.05) is 33.4 Å². The molecule has 2 N–H and O–H groups in total. The van der Waals surface area contributed by atoms with E-state index in [9.17, 15) is 27.6 Å². The zero-order valence-electron chi connectivity index (χ0n) is 20.0. The Hall–Kier alpha value is -3.40. The molecule has 0 aromatic heterocycles. The lowest BCUT2D eigenvalue weighted by molar-refractivity contribution is -0.137. The minimum Gasteiger partial charge on any atom is -0.385 e. The summed E-state index contributed by atoms with van der Waals surface area (Å²) in [6.45, 7) is 1.53. The van der Waals surface area contributed by atoms with Gasteiger partial charge in [-0.3, -0.25) is 14.4 Å². The molecule has 3 amide bonds. The number of alkyl halides is 3. The zero-order chi connectivity index (χ0) is 26.1. The number of amides is 3. The largest absolute Gasteiger partial charge is 0.416 e. The Morgan fingerprint density at radius 1 is 1.00 bits per heavy atom. The molecule has 1 unspecified atom stereocenters. The van der Waals surface area contributed by atoms with Crippen LogP contribution in [0.15, 0.2) is 54.6 Å². The summed E-state index contributed by atoms with van der Waals surface area (Å²) in [6.07, 6.45) is -2.93. The fourth-order valence-corrected chi connectivity index (χ4v) is 4.17. The maximum atomic E-state index is 13.0. The van der Waals surface area contributed by atoms with Crippen LogP contribution in [0.4, 0.5) is 13.2 Å². The summed E-state index contributed by atoms with van der Waals surface area (Å²) in [5.74, 6) is -1.24. The van der Waals surface area contributed by atoms with E-state index in [0.717, 1.165) is 12.1 Å². The Morgan fingerprint density at radius 3 is 2.22 bits per heavy atom. The van der Waals surface area contributed by atoms with Crippen LogP contribution < -0.4 is 10.6 Å². The van der Waals surface area contributed by atoms with E-state index in [4.69, 9.17) is 4.74 Å². The Labute approximate surface area is 208 Å². The molecular formula is C26H30F3N3O4. The molecule has 1 atom stereocenters. The summed E-state index contributed by atoms with van der Waals surface area (Å²) >= 11 is 0. The number of carbonyl (C=O) groups is 3. The first-order valence-corrected chi connectivity index (χ1v) is 11.8. The Balaban J connectivity index is 1.64. The third-order valence-electron chi connectivity index (χ3n) is 6.19. The summed E-state index contributed by atoms with van der Waals surface area (Å²) in [7, 11) is 1.57. The van der Waals surface area contributed by atoms with Crippen LogP contribution in [0.3, 0.4) is 0 Å². The molecule has 2 aromatic carbocycles. The molecule has 0 spiro atoms. The van der Waals surface area contributed by atoms with E-state index >= 15 is 0 Å². The van der Waals surface area contributed by atoms with Crippen molar-refractivity contribution in [3.63, 3.8) is 0 Å². The number of nitrogens with one attached hydrogen (secondary N) is 2. The molecule has 10 heteroatoms. The molecule has 1 aliphatic rings. The van der Waals surface area contributed by atoms with E-state index in [0.29, 0.717) is 51.1 Å². The maximum Gasteiger partial charge on any atom is 0.416 e. The Morgan fingerprint density at radius 2 is 1.64 bits per heavy atom. The summed E-state index contributed by atoms with van der Waals surface area (Å²) in [5.41, 5.74) is -0.206. The van der Waals surface area contributed by atoms with Gasteiger partial charge in [-0.05, 0) is 61.6 Å². The molecule has 0 saturated carbocycles. The molecule has 3 rings (SSSR count). The smallest absolute Gasteiger partial charge is 0.385 e. The number of likely N-dealkylation sites (tertiary alicyclic amines) is 1. The van der Waals surface area contributed by atoms with E-state index < -0.39 is 17.8 Å². The lowest BCUT2D eigenvalue weighted by Crippen LogP contribution is -2.54. The minimum absolute atomic E-state index is 0.172. The van der Waals surface area contributed by atoms with Gasteiger partial charge in [0.2, 0.25) is 5.91 Å². The molecule has 2 aromatic rings. The second-order valence-corrected chi connectivity index (χ2v) is 8.66. The highest BCUT2D eigenvalue weighted by Crippen LogP contribution is 2.29. The lowest BCUT2D eigenvalue weighted by Gasteiger charge is -2.36. The molecule has 1 heterocycles. The molecule has 0 radical (unpaired) electrons. The summed E-state index contributed by atoms with van der Waals surface area (Å²) in [5, 5.41) is 5.69. The quantitative estimate of drug-likeness (QED) is 0.511. The van der Waals surface area contributed by atoms with E-state index in [1.165, 1.54) is 12.1 Å². The molecule has 194 valence electrons. The fourth-order valence-electron chi connectivity index (χ4n) is 4.17. The van der Waals surface area contributed by atoms with Crippen LogP contribution in [0.2, 0.25) is 0 Å². The van der Waals surface area contributed by atoms with Crippen molar-refractivity contribution in [2.24, 2.45) is 5.92 Å². The molecule has 36 heavy (non-hydrogen) atoms. The normalized spacial score (nSPS) is 15.3. The molecule has 0 bridgehead atoms. The van der Waals surface area contributed by atoms with E-state index in [-0.39, 0.29) is 29.2 Å². The Bertz CT molecular complexity index is 1020. The number of benzene rings is 2. The van der Waals surface area contributed by atoms with Crippen LogP contribution in [0.5, 0.6) is 0 Å². The molecule has 1 saturated heterocycles. The number of carbonyl (C=O) groups excluding carboxylic acids is 3. The van der Waals surface area contributed by atoms with Crippen LogP contribution in [0.1, 0.15) is 45.5 Å². The first kappa shape index (κ1) is 27.2. The second-order valence-electron chi connectivity index (χ2n) is 8.66. The first-order chi connectivity index (χ1) is 17.2. The van der Waals surface area contributed by atoms with Crippen molar-refractivity contribution in [2.45, 2.75) is 31.5 Å². The van der Waals surface area contributed by atoms with Gasteiger partial charge in [-0.1, -0.05) is 18.2 Å². The van der Waals surface area contributed by atoms with Gasteiger partial charge in [0.15, 0.2) is 0 Å². The second kappa shape index (κ2) is 12.5. The topological polar surface area (TPSA) is 87.7 Å². The standard InChI is InChI=1S/C26H30F3N3O4/c1-36-17-5-14-30-24(34)22(31-23(33)19-6-3-2-4-7-19)18-12-15-32(16-13-18)25(35)20-8-10-21(11-9-20)26(27,28)29/h2-4,6-11,18,22H,5,12-17H2,1H3,(H,30,34)(H,31,33). The van der Waals surface area contributed by atoms with E-state index in [1.807, 2.05) is 0 Å². The number of hydrogen-bond acceptors (Lipinski definition) is 4. The number of methoxy groups -OCH3 is 1. The molecular weight excluding hydrogens is 475 g/mol. The van der Waals surface area contributed by atoms with Gasteiger partial charge in [0, 0.05) is 44.5 Å². The van der Waals surface area contributed by atoms with Crippen LogP contribution in [0, 0.1) is 5.92 Å². The van der Waals surface area contributed by atoms with Crippen LogP contribution in [0.25, 0.3) is 0 Å². The summed E-state index contributed by atoms with van der Waals surface area (Å²) < 4.78 is 43.4. The highest BCUT2D eigenvalue weighted by molar-refractivity contribution is 5.97. The van der Waals surface area contributed by atoms with Crippen molar-refractivity contribution < 1.29 is 32.3 Å². The number of piperidine rings is 1. The van der Waals surface area contributed by atoms with Crippen LogP contribution >= 0.6 is 0 Å². The average molecular weight is 506 g/mol. The van der Waals surface area contributed by atoms with Crippen LogP contribution in [-0.2, 0) is 15.7 Å². The van der Waals surface area contributed by atoms with Crippen LogP contribution in [-0.4, -0.2) is 62.0 Å². The monoisotopic (exact) mass is 505 g/mol. The third-order valence-corrected chi connectivity index (χ3v) is 6.19. The van der Waals surface area contributed by atoms with Gasteiger partial charge in [0.25, 0.3) is 11.8 Å². The predicted octanol–water partition coefficient (Wildman–Crippen LogP) is 3.51. The maximum absolute atomic E-state index is 13.0. The molecule has 1 aliphatic heterocycles. The number of nitrogens with zero attached hydrogens (tertiary/aromatic N) is 1. The number of ether oxygens (including phenoxy) is 1. The number of halogens is 3. The number of rotatable bonds is 9. The SMILES string of the molecule is COCCCNC(=O)C(NC(=O)c1ccccc1)C1CCN(C(=O)c2ccc(C(F)(F)F)cc2)CC1. The highest BCUT2D eigenvalue weighted by atomic mass is 19.4. The van der Waals surface area contributed by atoms with Crippen molar-refractivity contribution in [1.29, 1.82) is 0 Å². The van der Waals surface area contributed by atoms with Gasteiger partial charge in [0.1, 0.15) is 6.04 Å². The van der Waals surface area contributed by atoms with E-state index in [1.54, 1.807) is 42.3 Å². The highest BCUT2D eigenvalue weighted by Gasteiger charge is 2.35. The summed E-state index contributed by atoms with van der Waals surface area (Å²) in [4.78, 5) is 40.1. The molecule has 0 aliphatic carbocycles. The van der Waals surface area contributed by atoms with Crippen molar-refractivity contribution in [1.82, 2.24) is 15.5 Å². The zero-order valence-corrected chi connectivity index (χ0v) is 20.0. The van der Waals surface area contributed by atoms with Gasteiger partial charge in [-0.25, -0.2) is 0 Å². The molecule has 7 nitrogen and oxygen atoms in total. The van der Waals surface area contributed by atoms with Crippen molar-refractivity contribution >= 4 is 17.7 Å².